The monoisotopic (exact) mass is 230 g/mol. The molecular formula is C11H22N2O3. The molecule has 0 aromatic rings. The van der Waals surface area contributed by atoms with E-state index in [1.54, 1.807) is 0 Å². The Morgan fingerprint density at radius 3 is 2.31 bits per heavy atom. The lowest BCUT2D eigenvalue weighted by Gasteiger charge is -2.03. The minimum Gasteiger partial charge on any atom is -0.481 e. The molecule has 0 fully saturated rings. The summed E-state index contributed by atoms with van der Waals surface area (Å²) in [6, 6.07) is 0. The van der Waals surface area contributed by atoms with Crippen LogP contribution in [-0.4, -0.2) is 30.1 Å². The van der Waals surface area contributed by atoms with Gasteiger partial charge in [0.15, 0.2) is 0 Å². The normalized spacial score (nSPS) is 10.1. The Morgan fingerprint density at radius 1 is 1.00 bits per heavy atom. The standard InChI is InChI=1S/C11H22N2O3/c12-8-4-2-1-3-6-10(14)13-9-5-7-11(15)16/h1-9,12H2,(H,13,14)(H,15,16). The van der Waals surface area contributed by atoms with Crippen molar-refractivity contribution in [2.24, 2.45) is 5.73 Å². The van der Waals surface area contributed by atoms with Crippen molar-refractivity contribution >= 4 is 11.9 Å². The fourth-order valence-corrected chi connectivity index (χ4v) is 1.34. The van der Waals surface area contributed by atoms with Crippen LogP contribution in [0.5, 0.6) is 0 Å². The van der Waals surface area contributed by atoms with Gasteiger partial charge in [0.25, 0.3) is 0 Å². The van der Waals surface area contributed by atoms with Crippen molar-refractivity contribution in [2.45, 2.75) is 44.9 Å². The highest BCUT2D eigenvalue weighted by atomic mass is 16.4. The van der Waals surface area contributed by atoms with Crippen molar-refractivity contribution in [2.75, 3.05) is 13.1 Å². The lowest BCUT2D eigenvalue weighted by Crippen LogP contribution is -2.24. The van der Waals surface area contributed by atoms with Crippen LogP contribution in [0.25, 0.3) is 0 Å². The second-order valence-electron chi connectivity index (χ2n) is 3.80. The third-order valence-electron chi connectivity index (χ3n) is 2.25. The van der Waals surface area contributed by atoms with Gasteiger partial charge in [-0.25, -0.2) is 0 Å². The van der Waals surface area contributed by atoms with Crippen LogP contribution < -0.4 is 11.1 Å². The van der Waals surface area contributed by atoms with Crippen LogP contribution in [-0.2, 0) is 9.59 Å². The van der Waals surface area contributed by atoms with Crippen molar-refractivity contribution in [3.05, 3.63) is 0 Å². The molecule has 0 bridgehead atoms. The van der Waals surface area contributed by atoms with E-state index in [-0.39, 0.29) is 12.3 Å². The SMILES string of the molecule is NCCCCCCC(=O)NCCCC(=O)O. The predicted octanol–water partition coefficient (Wildman–Crippen LogP) is 0.877. The van der Waals surface area contributed by atoms with Crippen molar-refractivity contribution in [3.63, 3.8) is 0 Å². The molecular weight excluding hydrogens is 208 g/mol. The first-order valence-electron chi connectivity index (χ1n) is 5.85. The summed E-state index contributed by atoms with van der Waals surface area (Å²) in [6.45, 7) is 1.16. The topological polar surface area (TPSA) is 92.4 Å². The number of hydrogen-bond donors (Lipinski definition) is 3. The van der Waals surface area contributed by atoms with E-state index >= 15 is 0 Å². The van der Waals surface area contributed by atoms with Gasteiger partial charge in [-0.1, -0.05) is 12.8 Å². The summed E-state index contributed by atoms with van der Waals surface area (Å²) in [4.78, 5) is 21.4. The summed E-state index contributed by atoms with van der Waals surface area (Å²) in [7, 11) is 0. The number of rotatable bonds is 10. The first kappa shape index (κ1) is 14.9. The molecule has 0 unspecified atom stereocenters. The largest absolute Gasteiger partial charge is 0.481 e. The summed E-state index contributed by atoms with van der Waals surface area (Å²) in [5.74, 6) is -0.811. The summed E-state index contributed by atoms with van der Waals surface area (Å²) >= 11 is 0. The number of amides is 1. The first-order chi connectivity index (χ1) is 7.66. The molecule has 0 heterocycles. The maximum absolute atomic E-state index is 11.2. The van der Waals surface area contributed by atoms with E-state index in [1.165, 1.54) is 0 Å². The number of carbonyl (C=O) groups is 2. The number of carboxylic acid groups (broad SMARTS) is 1. The lowest BCUT2D eigenvalue weighted by molar-refractivity contribution is -0.137. The Labute approximate surface area is 96.4 Å². The van der Waals surface area contributed by atoms with E-state index in [1.807, 2.05) is 0 Å². The number of carboxylic acids is 1. The summed E-state index contributed by atoms with van der Waals surface area (Å²) in [5.41, 5.74) is 5.35. The Kier molecular flexibility index (Phi) is 9.70. The third-order valence-corrected chi connectivity index (χ3v) is 2.25. The predicted molar refractivity (Wildman–Crippen MR) is 62.0 cm³/mol. The molecule has 16 heavy (non-hydrogen) atoms. The molecule has 4 N–H and O–H groups in total. The van der Waals surface area contributed by atoms with E-state index in [0.29, 0.717) is 25.9 Å². The molecule has 94 valence electrons. The van der Waals surface area contributed by atoms with Gasteiger partial charge in [-0.2, -0.15) is 0 Å². The van der Waals surface area contributed by atoms with Gasteiger partial charge < -0.3 is 16.2 Å². The molecule has 0 aromatic carbocycles. The van der Waals surface area contributed by atoms with Crippen LogP contribution in [0.4, 0.5) is 0 Å². The highest BCUT2D eigenvalue weighted by Gasteiger charge is 2.01. The summed E-state index contributed by atoms with van der Waals surface area (Å²) in [5, 5.41) is 11.1. The molecule has 1 amide bonds. The van der Waals surface area contributed by atoms with Crippen molar-refractivity contribution in [1.82, 2.24) is 5.32 Å². The molecule has 0 aliphatic carbocycles. The highest BCUT2D eigenvalue weighted by molar-refractivity contribution is 5.75. The average molecular weight is 230 g/mol. The van der Waals surface area contributed by atoms with Gasteiger partial charge in [0.2, 0.25) is 5.91 Å². The summed E-state index contributed by atoms with van der Waals surface area (Å²) < 4.78 is 0. The molecule has 5 heteroatoms. The number of aliphatic carboxylic acids is 1. The molecule has 0 aromatic heterocycles. The Bertz CT molecular complexity index is 207. The van der Waals surface area contributed by atoms with E-state index in [4.69, 9.17) is 10.8 Å². The van der Waals surface area contributed by atoms with Crippen LogP contribution in [0.15, 0.2) is 0 Å². The fraction of sp³-hybridized carbons (Fsp3) is 0.818. The van der Waals surface area contributed by atoms with Crippen LogP contribution >= 0.6 is 0 Å². The number of hydrogen-bond acceptors (Lipinski definition) is 3. The van der Waals surface area contributed by atoms with Gasteiger partial charge in [0.1, 0.15) is 0 Å². The first-order valence-corrected chi connectivity index (χ1v) is 5.85. The molecule has 0 radical (unpaired) electrons. The number of nitrogens with one attached hydrogen (secondary N) is 1. The molecule has 5 nitrogen and oxygen atoms in total. The minimum absolute atomic E-state index is 0.0122. The molecule has 0 saturated carbocycles. The summed E-state index contributed by atoms with van der Waals surface area (Å²) in [6.07, 6.45) is 5.12. The molecule has 0 spiro atoms. The second-order valence-corrected chi connectivity index (χ2v) is 3.80. The van der Waals surface area contributed by atoms with E-state index in [2.05, 4.69) is 5.32 Å². The van der Waals surface area contributed by atoms with Crippen LogP contribution in [0, 0.1) is 0 Å². The van der Waals surface area contributed by atoms with Crippen LogP contribution in [0.1, 0.15) is 44.9 Å². The van der Waals surface area contributed by atoms with Crippen molar-refractivity contribution in [1.29, 1.82) is 0 Å². The minimum atomic E-state index is -0.823. The number of unbranched alkanes of at least 4 members (excludes halogenated alkanes) is 3. The number of nitrogens with two attached hydrogens (primary N) is 1. The Balaban J connectivity index is 3.21. The second kappa shape index (κ2) is 10.4. The van der Waals surface area contributed by atoms with Crippen molar-refractivity contribution in [3.8, 4) is 0 Å². The average Bonchev–Trinajstić information content (AvgIpc) is 2.24. The zero-order valence-corrected chi connectivity index (χ0v) is 9.71. The lowest BCUT2D eigenvalue weighted by atomic mass is 10.1. The maximum Gasteiger partial charge on any atom is 0.303 e. The molecule has 0 aliphatic rings. The van der Waals surface area contributed by atoms with Gasteiger partial charge in [-0.15, -0.1) is 0 Å². The van der Waals surface area contributed by atoms with Crippen molar-refractivity contribution < 1.29 is 14.7 Å². The van der Waals surface area contributed by atoms with Gasteiger partial charge in [-0.3, -0.25) is 9.59 Å². The molecule has 0 aliphatic heterocycles. The van der Waals surface area contributed by atoms with Crippen LogP contribution in [0.2, 0.25) is 0 Å². The fourth-order valence-electron chi connectivity index (χ4n) is 1.34. The number of carbonyl (C=O) groups excluding carboxylic acids is 1. The third kappa shape index (κ3) is 11.0. The quantitative estimate of drug-likeness (QED) is 0.486. The van der Waals surface area contributed by atoms with Crippen LogP contribution in [0.3, 0.4) is 0 Å². The van der Waals surface area contributed by atoms with Gasteiger partial charge in [-0.05, 0) is 25.8 Å². The van der Waals surface area contributed by atoms with E-state index in [9.17, 15) is 9.59 Å². The maximum atomic E-state index is 11.2. The van der Waals surface area contributed by atoms with Gasteiger partial charge >= 0.3 is 5.97 Å². The zero-order valence-electron chi connectivity index (χ0n) is 9.71. The smallest absolute Gasteiger partial charge is 0.303 e. The van der Waals surface area contributed by atoms with E-state index in [0.717, 1.165) is 25.7 Å². The van der Waals surface area contributed by atoms with Gasteiger partial charge in [0.05, 0.1) is 0 Å². The zero-order chi connectivity index (χ0) is 12.2. The Hall–Kier alpha value is -1.10. The van der Waals surface area contributed by atoms with Gasteiger partial charge in [0, 0.05) is 19.4 Å². The highest BCUT2D eigenvalue weighted by Crippen LogP contribution is 2.01. The molecule has 0 atom stereocenters. The molecule has 0 saturated heterocycles. The van der Waals surface area contributed by atoms with E-state index < -0.39 is 5.97 Å². The Morgan fingerprint density at radius 2 is 1.69 bits per heavy atom. The molecule has 0 rings (SSSR count).